The van der Waals surface area contributed by atoms with Crippen LogP contribution < -0.4 is 0 Å². The van der Waals surface area contributed by atoms with E-state index in [0.29, 0.717) is 13.0 Å². The van der Waals surface area contributed by atoms with Crippen molar-refractivity contribution >= 4 is 5.97 Å². The van der Waals surface area contributed by atoms with Crippen molar-refractivity contribution in [2.45, 2.75) is 84.7 Å². The maximum absolute atomic E-state index is 12.1. The highest BCUT2D eigenvalue weighted by Crippen LogP contribution is 2.64. The van der Waals surface area contributed by atoms with E-state index in [0.717, 1.165) is 24.2 Å². The first-order chi connectivity index (χ1) is 10.7. The molecule has 0 aliphatic heterocycles. The van der Waals surface area contributed by atoms with Crippen molar-refractivity contribution in [1.82, 2.24) is 0 Å². The van der Waals surface area contributed by atoms with E-state index in [2.05, 4.69) is 0 Å². The number of carbonyl (C=O) groups is 1. The Balaban J connectivity index is 1.60. The van der Waals surface area contributed by atoms with E-state index in [4.69, 9.17) is 4.74 Å². The minimum atomic E-state index is -0.709. The van der Waals surface area contributed by atoms with Crippen LogP contribution in [-0.2, 0) is 9.53 Å². The van der Waals surface area contributed by atoms with Gasteiger partial charge in [0, 0.05) is 6.42 Å². The minimum absolute atomic E-state index is 0.0778. The van der Waals surface area contributed by atoms with E-state index in [1.165, 1.54) is 38.5 Å². The van der Waals surface area contributed by atoms with Crippen molar-refractivity contribution in [1.29, 1.82) is 0 Å². The second-order valence-electron chi connectivity index (χ2n) is 9.60. The van der Waals surface area contributed by atoms with Gasteiger partial charge in [-0.1, -0.05) is 6.92 Å². The molecule has 4 aliphatic rings. The van der Waals surface area contributed by atoms with E-state index >= 15 is 0 Å². The summed E-state index contributed by atoms with van der Waals surface area (Å²) in [4.78, 5) is 12.1. The Hall–Kier alpha value is -0.570. The Labute approximate surface area is 141 Å². The number of rotatable bonds is 6. The smallest absolute Gasteiger partial charge is 0.311 e. The lowest BCUT2D eigenvalue weighted by atomic mass is 9.45. The second kappa shape index (κ2) is 5.75. The first-order valence-corrected chi connectivity index (χ1v) is 9.57. The number of ether oxygens (including phenoxy) is 1. The van der Waals surface area contributed by atoms with Gasteiger partial charge in [0.15, 0.2) is 0 Å². The molecule has 4 rings (SSSR count). The zero-order valence-corrected chi connectivity index (χ0v) is 15.4. The summed E-state index contributed by atoms with van der Waals surface area (Å²) < 4.78 is 5.50. The quantitative estimate of drug-likeness (QED) is 0.741. The first-order valence-electron chi connectivity index (χ1n) is 9.57. The van der Waals surface area contributed by atoms with Crippen molar-refractivity contribution in [3.05, 3.63) is 0 Å². The number of carbonyl (C=O) groups excluding carboxylic acids is 1. The molecule has 23 heavy (non-hydrogen) atoms. The fourth-order valence-corrected chi connectivity index (χ4v) is 5.72. The number of hydrogen-bond acceptors (Lipinski definition) is 3. The van der Waals surface area contributed by atoms with Gasteiger partial charge in [-0.3, -0.25) is 4.79 Å². The molecule has 0 aromatic heterocycles. The molecular weight excluding hydrogens is 288 g/mol. The van der Waals surface area contributed by atoms with Crippen LogP contribution in [0.3, 0.4) is 0 Å². The standard InChI is InChI=1S/C20H34O3/c1-5-18(2,3)17(21)23-7-6-19(4,22)20-11-14-8-15(12-20)10-16(9-14)13-20/h14-16,22H,5-13H2,1-4H3. The molecule has 1 atom stereocenters. The summed E-state index contributed by atoms with van der Waals surface area (Å²) >= 11 is 0. The highest BCUT2D eigenvalue weighted by molar-refractivity contribution is 5.75. The summed E-state index contributed by atoms with van der Waals surface area (Å²) in [7, 11) is 0. The molecule has 4 fully saturated rings. The van der Waals surface area contributed by atoms with Gasteiger partial charge in [0.1, 0.15) is 0 Å². The van der Waals surface area contributed by atoms with Crippen LogP contribution >= 0.6 is 0 Å². The van der Waals surface area contributed by atoms with Gasteiger partial charge in [-0.15, -0.1) is 0 Å². The fraction of sp³-hybridized carbons (Fsp3) is 0.950. The van der Waals surface area contributed by atoms with Crippen LogP contribution in [0.25, 0.3) is 0 Å². The molecular formula is C20H34O3. The maximum atomic E-state index is 12.1. The molecule has 4 aliphatic carbocycles. The van der Waals surface area contributed by atoms with Crippen molar-refractivity contribution in [2.24, 2.45) is 28.6 Å². The predicted octanol–water partition coefficient (Wildman–Crippen LogP) is 4.32. The Morgan fingerprint density at radius 3 is 2.00 bits per heavy atom. The van der Waals surface area contributed by atoms with Crippen molar-refractivity contribution in [3.63, 3.8) is 0 Å². The highest BCUT2D eigenvalue weighted by Gasteiger charge is 2.58. The molecule has 0 spiro atoms. The zero-order valence-electron chi connectivity index (χ0n) is 15.4. The number of hydrogen-bond donors (Lipinski definition) is 1. The Kier molecular flexibility index (Phi) is 4.32. The van der Waals surface area contributed by atoms with Crippen molar-refractivity contribution in [2.75, 3.05) is 6.61 Å². The predicted molar refractivity (Wildman–Crippen MR) is 90.9 cm³/mol. The minimum Gasteiger partial charge on any atom is -0.465 e. The van der Waals surface area contributed by atoms with Crippen LogP contribution in [0.15, 0.2) is 0 Å². The van der Waals surface area contributed by atoms with E-state index in [1.54, 1.807) is 0 Å². The van der Waals surface area contributed by atoms with E-state index in [-0.39, 0.29) is 11.4 Å². The summed E-state index contributed by atoms with van der Waals surface area (Å²) in [6.45, 7) is 8.20. The molecule has 1 unspecified atom stereocenters. The number of aliphatic hydroxyl groups is 1. The van der Waals surface area contributed by atoms with E-state index in [1.807, 2.05) is 27.7 Å². The molecule has 0 aromatic rings. The molecule has 132 valence electrons. The molecule has 0 heterocycles. The zero-order chi connectivity index (χ0) is 16.9. The first kappa shape index (κ1) is 17.3. The highest BCUT2D eigenvalue weighted by atomic mass is 16.5. The van der Waals surface area contributed by atoms with Gasteiger partial charge in [-0.2, -0.15) is 0 Å². The average Bonchev–Trinajstić information content (AvgIpc) is 2.45. The lowest BCUT2D eigenvalue weighted by Crippen LogP contribution is -2.57. The van der Waals surface area contributed by atoms with Crippen molar-refractivity contribution < 1.29 is 14.6 Å². The van der Waals surface area contributed by atoms with Gasteiger partial charge in [0.05, 0.1) is 17.6 Å². The van der Waals surface area contributed by atoms with Gasteiger partial charge < -0.3 is 9.84 Å². The van der Waals surface area contributed by atoms with Crippen LogP contribution in [0, 0.1) is 28.6 Å². The Morgan fingerprint density at radius 2 is 1.57 bits per heavy atom. The summed E-state index contributed by atoms with van der Waals surface area (Å²) in [5.74, 6) is 2.35. The van der Waals surface area contributed by atoms with E-state index < -0.39 is 11.0 Å². The second-order valence-corrected chi connectivity index (χ2v) is 9.60. The third kappa shape index (κ3) is 3.06. The van der Waals surface area contributed by atoms with Crippen molar-refractivity contribution in [3.8, 4) is 0 Å². The van der Waals surface area contributed by atoms with Gasteiger partial charge in [0.25, 0.3) is 0 Å². The maximum Gasteiger partial charge on any atom is 0.311 e. The molecule has 4 saturated carbocycles. The molecule has 3 nitrogen and oxygen atoms in total. The normalized spacial score (nSPS) is 38.4. The average molecular weight is 322 g/mol. The molecule has 0 saturated heterocycles. The summed E-state index contributed by atoms with van der Waals surface area (Å²) in [6, 6.07) is 0. The molecule has 0 amide bonds. The lowest BCUT2D eigenvalue weighted by molar-refractivity contribution is -0.182. The van der Waals surface area contributed by atoms with Gasteiger partial charge in [-0.05, 0) is 88.9 Å². The molecule has 0 radical (unpaired) electrons. The SMILES string of the molecule is CCC(C)(C)C(=O)OCCC(C)(O)C12CC3CC(CC(C3)C1)C2. The van der Waals surface area contributed by atoms with Crippen LogP contribution in [0.5, 0.6) is 0 Å². The molecule has 3 heteroatoms. The Morgan fingerprint density at radius 1 is 1.09 bits per heavy atom. The van der Waals surface area contributed by atoms with Gasteiger partial charge in [-0.25, -0.2) is 0 Å². The summed E-state index contributed by atoms with van der Waals surface area (Å²) in [5, 5.41) is 11.3. The topological polar surface area (TPSA) is 46.5 Å². The van der Waals surface area contributed by atoms with Crippen LogP contribution in [0.4, 0.5) is 0 Å². The number of esters is 1. The summed E-state index contributed by atoms with van der Waals surface area (Å²) in [5.41, 5.74) is -1.05. The van der Waals surface area contributed by atoms with Crippen LogP contribution in [-0.4, -0.2) is 23.3 Å². The third-order valence-electron chi connectivity index (χ3n) is 7.44. The van der Waals surface area contributed by atoms with E-state index in [9.17, 15) is 9.90 Å². The van der Waals surface area contributed by atoms with Gasteiger partial charge >= 0.3 is 5.97 Å². The third-order valence-corrected chi connectivity index (χ3v) is 7.44. The molecule has 4 bridgehead atoms. The van der Waals surface area contributed by atoms with Crippen LogP contribution in [0.2, 0.25) is 0 Å². The van der Waals surface area contributed by atoms with Crippen LogP contribution in [0.1, 0.15) is 79.1 Å². The molecule has 0 aromatic carbocycles. The summed E-state index contributed by atoms with van der Waals surface area (Å²) in [6.07, 6.45) is 9.04. The molecule has 1 N–H and O–H groups in total. The fourth-order valence-electron chi connectivity index (χ4n) is 5.72. The monoisotopic (exact) mass is 322 g/mol. The largest absolute Gasteiger partial charge is 0.465 e. The van der Waals surface area contributed by atoms with Gasteiger partial charge in [0.2, 0.25) is 0 Å². The Bertz CT molecular complexity index is 428. The lowest BCUT2D eigenvalue weighted by Gasteiger charge is -2.61.